The molecule has 2 aliphatic heterocycles. The quantitative estimate of drug-likeness (QED) is 0.596. The van der Waals surface area contributed by atoms with Gasteiger partial charge in [0.2, 0.25) is 5.91 Å². The molecule has 2 rings (SSSR count). The van der Waals surface area contributed by atoms with E-state index in [0.717, 1.165) is 5.70 Å². The van der Waals surface area contributed by atoms with Crippen LogP contribution in [0.1, 0.15) is 0 Å². The molecule has 0 aliphatic carbocycles. The van der Waals surface area contributed by atoms with E-state index in [-0.39, 0.29) is 0 Å². The predicted octanol–water partition coefficient (Wildman–Crippen LogP) is 0.0565. The van der Waals surface area contributed by atoms with Crippen LogP contribution >= 0.6 is 0 Å². The molecule has 2 aliphatic rings. The lowest BCUT2D eigenvalue weighted by atomic mass is 10.2. The molecule has 4 heteroatoms. The molecule has 4 nitrogen and oxygen atoms in total. The zero-order chi connectivity index (χ0) is 8.55. The molecule has 0 spiro atoms. The van der Waals surface area contributed by atoms with E-state index >= 15 is 0 Å². The van der Waals surface area contributed by atoms with Crippen molar-refractivity contribution in [1.82, 2.24) is 4.90 Å². The Morgan fingerprint density at radius 3 is 3.17 bits per heavy atom. The van der Waals surface area contributed by atoms with Gasteiger partial charge in [-0.05, 0) is 12.2 Å². The second-order valence-corrected chi connectivity index (χ2v) is 2.59. The lowest BCUT2D eigenvalue weighted by Crippen LogP contribution is -2.21. The van der Waals surface area contributed by atoms with Gasteiger partial charge >= 0.3 is 0 Å². The Labute approximate surface area is 69.6 Å². The number of hydrogen-bond acceptors (Lipinski definition) is 3. The van der Waals surface area contributed by atoms with Crippen LogP contribution in [0.25, 0.3) is 0 Å². The van der Waals surface area contributed by atoms with Crippen LogP contribution in [0.5, 0.6) is 0 Å². The summed E-state index contributed by atoms with van der Waals surface area (Å²) in [5.41, 5.74) is 6.55. The normalized spacial score (nSPS) is 19.5. The number of ether oxygens (including phenoxy) is 1. The fourth-order valence-electron chi connectivity index (χ4n) is 1.12. The van der Waals surface area contributed by atoms with E-state index < -0.39 is 5.91 Å². The summed E-state index contributed by atoms with van der Waals surface area (Å²) in [6.45, 7) is 0.455. The van der Waals surface area contributed by atoms with Crippen molar-refractivity contribution in [3.05, 3.63) is 35.9 Å². The van der Waals surface area contributed by atoms with Crippen molar-refractivity contribution >= 4 is 5.91 Å². The van der Waals surface area contributed by atoms with Gasteiger partial charge < -0.3 is 15.4 Å². The first kappa shape index (κ1) is 6.97. The third-order valence-electron chi connectivity index (χ3n) is 1.76. The lowest BCUT2D eigenvalue weighted by Gasteiger charge is -2.16. The fourth-order valence-corrected chi connectivity index (χ4v) is 1.12. The maximum atomic E-state index is 10.8. The Hall–Kier alpha value is -1.71. The van der Waals surface area contributed by atoms with Gasteiger partial charge in [-0.15, -0.1) is 0 Å². The van der Waals surface area contributed by atoms with E-state index in [0.29, 0.717) is 12.3 Å². The van der Waals surface area contributed by atoms with Gasteiger partial charge in [-0.2, -0.15) is 0 Å². The topological polar surface area (TPSA) is 55.6 Å². The number of carbonyl (C=O) groups is 1. The maximum Gasteiger partial charge on any atom is 0.250 e. The summed E-state index contributed by atoms with van der Waals surface area (Å²) in [6, 6.07) is 0. The molecule has 2 heterocycles. The van der Waals surface area contributed by atoms with Gasteiger partial charge in [0, 0.05) is 6.20 Å². The van der Waals surface area contributed by atoms with Gasteiger partial charge in [0.25, 0.3) is 0 Å². The van der Waals surface area contributed by atoms with Crippen molar-refractivity contribution < 1.29 is 9.53 Å². The van der Waals surface area contributed by atoms with Gasteiger partial charge in [0.1, 0.15) is 6.26 Å². The smallest absolute Gasteiger partial charge is 0.250 e. The molecule has 0 bridgehead atoms. The van der Waals surface area contributed by atoms with E-state index in [2.05, 4.69) is 0 Å². The number of nitrogens with two attached hydrogens (primary N) is 1. The van der Waals surface area contributed by atoms with Crippen LogP contribution < -0.4 is 5.73 Å². The van der Waals surface area contributed by atoms with Crippen LogP contribution in [0, 0.1) is 0 Å². The summed E-state index contributed by atoms with van der Waals surface area (Å²) >= 11 is 0. The summed E-state index contributed by atoms with van der Waals surface area (Å²) in [5, 5.41) is 0. The molecule has 0 fully saturated rings. The number of amides is 1. The zero-order valence-electron chi connectivity index (χ0n) is 6.36. The molecular weight excluding hydrogens is 156 g/mol. The number of nitrogens with zero attached hydrogens (tertiary/aromatic N) is 1. The highest BCUT2D eigenvalue weighted by Gasteiger charge is 2.17. The van der Waals surface area contributed by atoms with Crippen molar-refractivity contribution in [1.29, 1.82) is 0 Å². The van der Waals surface area contributed by atoms with Crippen LogP contribution in [-0.2, 0) is 9.53 Å². The summed E-state index contributed by atoms with van der Waals surface area (Å²) < 4.78 is 5.04. The highest BCUT2D eigenvalue weighted by molar-refractivity contribution is 5.95. The molecule has 0 saturated carbocycles. The van der Waals surface area contributed by atoms with E-state index in [1.807, 2.05) is 4.90 Å². The highest BCUT2D eigenvalue weighted by Crippen LogP contribution is 2.20. The fraction of sp³-hybridized carbons (Fsp3) is 0.125. The average molecular weight is 164 g/mol. The number of carbonyl (C=O) groups excluding carboxylic acids is 1. The zero-order valence-corrected chi connectivity index (χ0v) is 6.36. The SMILES string of the molecule is NC(=O)C1=CN2COC=C2C=C1. The van der Waals surface area contributed by atoms with Gasteiger partial charge in [-0.1, -0.05) is 0 Å². The van der Waals surface area contributed by atoms with Crippen molar-refractivity contribution in [2.24, 2.45) is 5.73 Å². The molecule has 0 aromatic carbocycles. The second kappa shape index (κ2) is 2.41. The highest BCUT2D eigenvalue weighted by atomic mass is 16.5. The molecule has 62 valence electrons. The molecule has 2 N–H and O–H groups in total. The van der Waals surface area contributed by atoms with Crippen molar-refractivity contribution in [2.75, 3.05) is 6.73 Å². The molecule has 0 aromatic heterocycles. The molecule has 1 amide bonds. The van der Waals surface area contributed by atoms with Gasteiger partial charge in [0.05, 0.1) is 11.3 Å². The molecular formula is C8H8N2O2. The molecule has 0 aromatic rings. The minimum absolute atomic E-state index is 0.419. The molecule has 0 radical (unpaired) electrons. The number of rotatable bonds is 1. The van der Waals surface area contributed by atoms with E-state index in [1.165, 1.54) is 0 Å². The van der Waals surface area contributed by atoms with E-state index in [1.54, 1.807) is 24.6 Å². The Morgan fingerprint density at radius 2 is 2.42 bits per heavy atom. The maximum absolute atomic E-state index is 10.8. The Morgan fingerprint density at radius 1 is 1.58 bits per heavy atom. The van der Waals surface area contributed by atoms with Crippen molar-refractivity contribution in [3.8, 4) is 0 Å². The molecule has 0 saturated heterocycles. The van der Waals surface area contributed by atoms with Crippen LogP contribution in [0.4, 0.5) is 0 Å². The Kier molecular flexibility index (Phi) is 1.40. The standard InChI is InChI=1S/C8H8N2O2/c9-8(11)6-1-2-7-4-12-5-10(7)3-6/h1-4H,5H2,(H2,9,11). The summed E-state index contributed by atoms with van der Waals surface area (Å²) in [6.07, 6.45) is 6.80. The largest absolute Gasteiger partial charge is 0.478 e. The first-order valence-electron chi connectivity index (χ1n) is 3.55. The molecule has 0 unspecified atom stereocenters. The van der Waals surface area contributed by atoms with Gasteiger partial charge in [0.15, 0.2) is 6.73 Å². The molecule has 0 atom stereocenters. The number of fused-ring (bicyclic) bond motifs is 1. The third-order valence-corrected chi connectivity index (χ3v) is 1.76. The minimum atomic E-state index is -0.419. The summed E-state index contributed by atoms with van der Waals surface area (Å²) in [7, 11) is 0. The van der Waals surface area contributed by atoms with Crippen molar-refractivity contribution in [2.45, 2.75) is 0 Å². The summed E-state index contributed by atoms with van der Waals surface area (Å²) in [5.74, 6) is -0.419. The first-order chi connectivity index (χ1) is 5.77. The van der Waals surface area contributed by atoms with Gasteiger partial charge in [-0.3, -0.25) is 4.79 Å². The summed E-state index contributed by atoms with van der Waals surface area (Å²) in [4.78, 5) is 12.6. The monoisotopic (exact) mass is 164 g/mol. The van der Waals surface area contributed by atoms with Crippen molar-refractivity contribution in [3.63, 3.8) is 0 Å². The van der Waals surface area contributed by atoms with Crippen LogP contribution in [0.2, 0.25) is 0 Å². The molecule has 12 heavy (non-hydrogen) atoms. The van der Waals surface area contributed by atoms with Crippen LogP contribution in [0.15, 0.2) is 35.9 Å². The Bertz CT molecular complexity index is 315. The first-order valence-corrected chi connectivity index (χ1v) is 3.55. The van der Waals surface area contributed by atoms with Gasteiger partial charge in [-0.25, -0.2) is 0 Å². The number of primary amides is 1. The predicted molar refractivity (Wildman–Crippen MR) is 42.3 cm³/mol. The number of hydrogen-bond donors (Lipinski definition) is 1. The van der Waals surface area contributed by atoms with Crippen LogP contribution in [0.3, 0.4) is 0 Å². The second-order valence-electron chi connectivity index (χ2n) is 2.59. The minimum Gasteiger partial charge on any atom is -0.478 e. The third kappa shape index (κ3) is 0.972. The number of allylic oxidation sites excluding steroid dienone is 1. The lowest BCUT2D eigenvalue weighted by molar-refractivity contribution is -0.114. The average Bonchev–Trinajstić information content (AvgIpc) is 2.49. The Balaban J connectivity index is 2.28. The van der Waals surface area contributed by atoms with E-state index in [4.69, 9.17) is 10.5 Å². The van der Waals surface area contributed by atoms with Crippen LogP contribution in [-0.4, -0.2) is 17.5 Å². The van der Waals surface area contributed by atoms with E-state index in [9.17, 15) is 4.79 Å².